The first-order valence-corrected chi connectivity index (χ1v) is 9.36. The van der Waals surface area contributed by atoms with Crippen LogP contribution in [-0.2, 0) is 11.8 Å². The molecule has 0 saturated carbocycles. The lowest BCUT2D eigenvalue weighted by Crippen LogP contribution is -2.33. The minimum atomic E-state index is -0.331. The molecule has 0 fully saturated rings. The van der Waals surface area contributed by atoms with Crippen molar-refractivity contribution >= 4 is 47.8 Å². The third-order valence-electron chi connectivity index (χ3n) is 3.51. The van der Waals surface area contributed by atoms with E-state index in [1.807, 2.05) is 6.07 Å². The van der Waals surface area contributed by atoms with E-state index in [4.69, 9.17) is 0 Å². The van der Waals surface area contributed by atoms with Crippen LogP contribution in [0.3, 0.4) is 0 Å². The average molecular weight is 483 g/mol. The van der Waals surface area contributed by atoms with E-state index in [0.29, 0.717) is 27.1 Å². The molecule has 0 aliphatic carbocycles. The molecule has 2 aromatic rings. The van der Waals surface area contributed by atoms with Crippen LogP contribution in [0, 0.1) is 11.6 Å². The molecule has 21 heavy (non-hydrogen) atoms. The molecule has 0 aromatic heterocycles. The van der Waals surface area contributed by atoms with E-state index in [2.05, 4.69) is 47.8 Å². The number of benzene rings is 2. The average Bonchev–Trinajstić information content (AvgIpc) is 2.48. The molecule has 0 N–H and O–H groups in total. The summed E-state index contributed by atoms with van der Waals surface area (Å²) in [4.78, 5) is 0. The Hall–Kier alpha value is -0.260. The van der Waals surface area contributed by atoms with Gasteiger partial charge in [0.05, 0.1) is 0 Å². The summed E-state index contributed by atoms with van der Waals surface area (Å²) in [5.41, 5.74) is 1.28. The third kappa shape index (κ3) is 3.93. The standard InChI is InChI=1S/C16H13Br3F2/c17-9-16(10-18,12-2-5-14(20)6-3-12)8-11-1-4-13(19)7-15(11)21/h1-7H,8-10H2. The predicted molar refractivity (Wildman–Crippen MR) is 93.5 cm³/mol. The van der Waals surface area contributed by atoms with Gasteiger partial charge in [0.1, 0.15) is 11.6 Å². The normalized spacial score (nSPS) is 11.7. The van der Waals surface area contributed by atoms with Crippen LogP contribution in [0.5, 0.6) is 0 Å². The van der Waals surface area contributed by atoms with Crippen LogP contribution in [0.25, 0.3) is 0 Å². The molecule has 2 aromatic carbocycles. The number of alkyl halides is 2. The lowest BCUT2D eigenvalue weighted by molar-refractivity contribution is 0.521. The van der Waals surface area contributed by atoms with E-state index in [9.17, 15) is 8.78 Å². The first-order chi connectivity index (χ1) is 10.0. The van der Waals surface area contributed by atoms with E-state index >= 15 is 0 Å². The van der Waals surface area contributed by atoms with E-state index < -0.39 is 0 Å². The van der Waals surface area contributed by atoms with Crippen molar-refractivity contribution < 1.29 is 8.78 Å². The smallest absolute Gasteiger partial charge is 0.127 e. The molecular weight excluding hydrogens is 470 g/mol. The highest BCUT2D eigenvalue weighted by atomic mass is 79.9. The third-order valence-corrected chi connectivity index (χ3v) is 6.15. The van der Waals surface area contributed by atoms with Crippen LogP contribution in [0.1, 0.15) is 11.1 Å². The maximum Gasteiger partial charge on any atom is 0.127 e. The van der Waals surface area contributed by atoms with Crippen LogP contribution in [0.15, 0.2) is 46.9 Å². The monoisotopic (exact) mass is 480 g/mol. The molecule has 2 rings (SSSR count). The van der Waals surface area contributed by atoms with Gasteiger partial charge >= 0.3 is 0 Å². The van der Waals surface area contributed by atoms with E-state index in [1.165, 1.54) is 18.2 Å². The summed E-state index contributed by atoms with van der Waals surface area (Å²) in [6.07, 6.45) is 0.522. The molecule has 5 heteroatoms. The lowest BCUT2D eigenvalue weighted by Gasteiger charge is -2.31. The van der Waals surface area contributed by atoms with Crippen molar-refractivity contribution in [3.05, 3.63) is 69.7 Å². The van der Waals surface area contributed by atoms with Gasteiger partial charge in [-0.2, -0.15) is 0 Å². The minimum absolute atomic E-state index is 0.238. The Balaban J connectivity index is 2.40. The molecule has 0 saturated heterocycles. The zero-order chi connectivity index (χ0) is 15.5. The first kappa shape index (κ1) is 17.1. The minimum Gasteiger partial charge on any atom is -0.207 e. The van der Waals surface area contributed by atoms with E-state index in [0.717, 1.165) is 5.56 Å². The number of rotatable bonds is 5. The molecule has 0 amide bonds. The second-order valence-corrected chi connectivity index (χ2v) is 7.00. The van der Waals surface area contributed by atoms with Crippen molar-refractivity contribution in [3.63, 3.8) is 0 Å². The van der Waals surface area contributed by atoms with Crippen molar-refractivity contribution in [2.75, 3.05) is 10.7 Å². The van der Waals surface area contributed by atoms with Crippen LogP contribution in [0.2, 0.25) is 0 Å². The van der Waals surface area contributed by atoms with Crippen molar-refractivity contribution in [1.29, 1.82) is 0 Å². The maximum atomic E-state index is 14.1. The molecule has 0 aliphatic heterocycles. The van der Waals surface area contributed by atoms with Gasteiger partial charge in [0.2, 0.25) is 0 Å². The summed E-state index contributed by atoms with van der Waals surface area (Å²) in [5, 5.41) is 1.29. The lowest BCUT2D eigenvalue weighted by atomic mass is 9.79. The fraction of sp³-hybridized carbons (Fsp3) is 0.250. The van der Waals surface area contributed by atoms with Gasteiger partial charge in [-0.15, -0.1) is 0 Å². The summed E-state index contributed by atoms with van der Waals surface area (Å²) in [7, 11) is 0. The second kappa shape index (κ2) is 7.34. The number of hydrogen-bond acceptors (Lipinski definition) is 0. The molecule has 0 bridgehead atoms. The van der Waals surface area contributed by atoms with E-state index in [1.54, 1.807) is 18.2 Å². The number of hydrogen-bond donors (Lipinski definition) is 0. The Morgan fingerprint density at radius 1 is 0.905 bits per heavy atom. The fourth-order valence-corrected chi connectivity index (χ4v) is 4.53. The van der Waals surface area contributed by atoms with Crippen LogP contribution in [-0.4, -0.2) is 10.7 Å². The predicted octanol–water partition coefficient (Wildman–Crippen LogP) is 6.00. The molecular formula is C16H13Br3F2. The van der Waals surface area contributed by atoms with Gasteiger partial charge in [-0.3, -0.25) is 0 Å². The highest BCUT2D eigenvalue weighted by Crippen LogP contribution is 2.34. The van der Waals surface area contributed by atoms with Gasteiger partial charge < -0.3 is 0 Å². The Morgan fingerprint density at radius 3 is 2.05 bits per heavy atom. The summed E-state index contributed by atoms with van der Waals surface area (Å²) < 4.78 is 28.0. The Kier molecular flexibility index (Phi) is 5.97. The molecule has 0 nitrogen and oxygen atoms in total. The SMILES string of the molecule is Fc1ccc(C(CBr)(CBr)Cc2ccc(Br)cc2F)cc1. The van der Waals surface area contributed by atoms with Gasteiger partial charge in [0.25, 0.3) is 0 Å². The largest absolute Gasteiger partial charge is 0.207 e. The molecule has 0 heterocycles. The van der Waals surface area contributed by atoms with Gasteiger partial charge in [-0.25, -0.2) is 8.78 Å². The second-order valence-electron chi connectivity index (χ2n) is 4.97. The molecule has 0 spiro atoms. The summed E-state index contributed by atoms with van der Waals surface area (Å²) in [6, 6.07) is 11.5. The molecule has 0 radical (unpaired) electrons. The zero-order valence-corrected chi connectivity index (χ0v) is 15.8. The summed E-state index contributed by atoms with van der Waals surface area (Å²) in [5.74, 6) is -0.510. The van der Waals surface area contributed by atoms with E-state index in [-0.39, 0.29) is 17.0 Å². The molecule has 0 atom stereocenters. The summed E-state index contributed by atoms with van der Waals surface area (Å²) in [6.45, 7) is 0. The highest BCUT2D eigenvalue weighted by Gasteiger charge is 2.31. The Labute approximate surface area is 148 Å². The first-order valence-electron chi connectivity index (χ1n) is 6.33. The van der Waals surface area contributed by atoms with Crippen LogP contribution < -0.4 is 0 Å². The van der Waals surface area contributed by atoms with Crippen molar-refractivity contribution in [3.8, 4) is 0 Å². The van der Waals surface area contributed by atoms with Gasteiger partial charge in [0, 0.05) is 20.5 Å². The Morgan fingerprint density at radius 2 is 1.52 bits per heavy atom. The fourth-order valence-electron chi connectivity index (χ4n) is 2.22. The van der Waals surface area contributed by atoms with Crippen molar-refractivity contribution in [2.45, 2.75) is 11.8 Å². The Bertz CT molecular complexity index is 607. The van der Waals surface area contributed by atoms with Crippen molar-refractivity contribution in [2.24, 2.45) is 0 Å². The van der Waals surface area contributed by atoms with Gasteiger partial charge in [-0.1, -0.05) is 66.0 Å². The van der Waals surface area contributed by atoms with Gasteiger partial charge in [-0.05, 0) is 41.8 Å². The quantitative estimate of drug-likeness (QED) is 0.459. The zero-order valence-electron chi connectivity index (χ0n) is 11.1. The van der Waals surface area contributed by atoms with Crippen LogP contribution in [0.4, 0.5) is 8.78 Å². The topological polar surface area (TPSA) is 0 Å². The number of halogens is 5. The van der Waals surface area contributed by atoms with Crippen molar-refractivity contribution in [1.82, 2.24) is 0 Å². The van der Waals surface area contributed by atoms with Gasteiger partial charge in [0.15, 0.2) is 0 Å². The maximum absolute atomic E-state index is 14.1. The molecule has 0 unspecified atom stereocenters. The summed E-state index contributed by atoms with van der Waals surface area (Å²) >= 11 is 10.3. The molecule has 112 valence electrons. The molecule has 0 aliphatic rings. The van der Waals surface area contributed by atoms with Crippen LogP contribution >= 0.6 is 47.8 Å². The highest BCUT2D eigenvalue weighted by molar-refractivity contribution is 9.10.